The van der Waals surface area contributed by atoms with Gasteiger partial charge in [0, 0.05) is 29.4 Å². The second kappa shape index (κ2) is 8.27. The Kier molecular flexibility index (Phi) is 6.61. The summed E-state index contributed by atoms with van der Waals surface area (Å²) >= 11 is 0. The van der Waals surface area contributed by atoms with E-state index in [0.29, 0.717) is 30.0 Å². The summed E-state index contributed by atoms with van der Waals surface area (Å²) in [5.74, 6) is 0.711. The summed E-state index contributed by atoms with van der Waals surface area (Å²) in [5, 5.41) is 11.5. The van der Waals surface area contributed by atoms with E-state index < -0.39 is 10.8 Å². The second-order valence-corrected chi connectivity index (χ2v) is 5.43. The molecule has 0 aliphatic rings. The first-order valence-corrected chi connectivity index (χ1v) is 7.55. The molecule has 0 fully saturated rings. The molecule has 0 aliphatic carbocycles. The van der Waals surface area contributed by atoms with E-state index in [4.69, 9.17) is 10.00 Å². The quantitative estimate of drug-likeness (QED) is 0.750. The van der Waals surface area contributed by atoms with E-state index in [-0.39, 0.29) is 12.5 Å². The molecule has 1 amide bonds. The van der Waals surface area contributed by atoms with Gasteiger partial charge in [0.1, 0.15) is 11.8 Å². The van der Waals surface area contributed by atoms with Gasteiger partial charge in [-0.2, -0.15) is 5.26 Å². The number of hydrogen-bond donors (Lipinski definition) is 1. The number of rotatable bonds is 7. The summed E-state index contributed by atoms with van der Waals surface area (Å²) in [4.78, 5) is 11.5. The Labute approximate surface area is 115 Å². The van der Waals surface area contributed by atoms with Crippen molar-refractivity contribution >= 4 is 16.7 Å². The van der Waals surface area contributed by atoms with Crippen LogP contribution in [0.1, 0.15) is 12.0 Å². The zero-order valence-corrected chi connectivity index (χ0v) is 11.5. The van der Waals surface area contributed by atoms with Crippen molar-refractivity contribution in [3.8, 4) is 11.8 Å². The molecule has 0 saturated heterocycles. The molecule has 1 rings (SSSR count). The van der Waals surface area contributed by atoms with Gasteiger partial charge < -0.3 is 10.1 Å². The van der Waals surface area contributed by atoms with Crippen LogP contribution in [0.5, 0.6) is 5.75 Å². The molecule has 1 atom stereocenters. The van der Waals surface area contributed by atoms with Gasteiger partial charge in [0.15, 0.2) is 6.61 Å². The minimum atomic E-state index is -0.837. The summed E-state index contributed by atoms with van der Waals surface area (Å²) in [7, 11) is -0.837. The maximum atomic E-state index is 11.5. The van der Waals surface area contributed by atoms with Crippen molar-refractivity contribution in [2.75, 3.05) is 25.2 Å². The summed E-state index contributed by atoms with van der Waals surface area (Å²) in [5.41, 5.74) is 0.400. The highest BCUT2D eigenvalue weighted by atomic mass is 32.2. The van der Waals surface area contributed by atoms with Crippen molar-refractivity contribution < 1.29 is 13.7 Å². The van der Waals surface area contributed by atoms with Gasteiger partial charge in [-0.1, -0.05) is 12.1 Å². The van der Waals surface area contributed by atoms with Crippen LogP contribution in [0.25, 0.3) is 0 Å². The third kappa shape index (κ3) is 6.02. The largest absolute Gasteiger partial charge is 0.482 e. The van der Waals surface area contributed by atoms with Crippen LogP contribution in [0.4, 0.5) is 0 Å². The SMILES string of the molecule is CS(=O)CCCNC(=O)COc1ccccc1C#N. The fourth-order valence-corrected chi connectivity index (χ4v) is 1.93. The Hall–Kier alpha value is -1.87. The van der Waals surface area contributed by atoms with E-state index in [9.17, 15) is 9.00 Å². The van der Waals surface area contributed by atoms with Crippen LogP contribution in [-0.4, -0.2) is 35.3 Å². The summed E-state index contributed by atoms with van der Waals surface area (Å²) in [6, 6.07) is 8.74. The Morgan fingerprint density at radius 2 is 2.21 bits per heavy atom. The number of hydrogen-bond acceptors (Lipinski definition) is 4. The van der Waals surface area contributed by atoms with Gasteiger partial charge in [-0.3, -0.25) is 9.00 Å². The molecule has 0 radical (unpaired) electrons. The lowest BCUT2D eigenvalue weighted by molar-refractivity contribution is -0.123. The molecule has 102 valence electrons. The van der Waals surface area contributed by atoms with Crippen molar-refractivity contribution in [1.82, 2.24) is 5.32 Å². The maximum Gasteiger partial charge on any atom is 0.257 e. The molecule has 0 bridgehead atoms. The predicted molar refractivity (Wildman–Crippen MR) is 73.2 cm³/mol. The number of ether oxygens (including phenoxy) is 1. The molecule has 5 nitrogen and oxygen atoms in total. The van der Waals surface area contributed by atoms with E-state index in [0.717, 1.165) is 0 Å². The zero-order valence-electron chi connectivity index (χ0n) is 10.7. The van der Waals surface area contributed by atoms with Crippen LogP contribution < -0.4 is 10.1 Å². The first-order chi connectivity index (χ1) is 9.13. The van der Waals surface area contributed by atoms with Crippen molar-refractivity contribution in [3.05, 3.63) is 29.8 Å². The minimum Gasteiger partial charge on any atom is -0.482 e. The van der Waals surface area contributed by atoms with Gasteiger partial charge >= 0.3 is 0 Å². The van der Waals surface area contributed by atoms with E-state index in [1.807, 2.05) is 6.07 Å². The summed E-state index contributed by atoms with van der Waals surface area (Å²) in [6.07, 6.45) is 2.30. The van der Waals surface area contributed by atoms with Crippen LogP contribution in [0, 0.1) is 11.3 Å². The standard InChI is InChI=1S/C13H16N2O3S/c1-19(17)8-4-7-15-13(16)10-18-12-6-3-2-5-11(12)9-14/h2-3,5-6H,4,7-8,10H2,1H3,(H,15,16). The number of para-hydroxylation sites is 1. The molecule has 1 unspecified atom stereocenters. The molecule has 1 aromatic carbocycles. The predicted octanol–water partition coefficient (Wildman–Crippen LogP) is 0.822. The fourth-order valence-electron chi connectivity index (χ4n) is 1.38. The lowest BCUT2D eigenvalue weighted by Gasteiger charge is -2.08. The number of nitrogens with zero attached hydrogens (tertiary/aromatic N) is 1. The molecule has 0 spiro atoms. The Balaban J connectivity index is 2.30. The highest BCUT2D eigenvalue weighted by molar-refractivity contribution is 7.84. The molecular weight excluding hydrogens is 264 g/mol. The molecule has 0 aromatic heterocycles. The van der Waals surface area contributed by atoms with Gasteiger partial charge in [-0.15, -0.1) is 0 Å². The van der Waals surface area contributed by atoms with E-state index in [1.165, 1.54) is 0 Å². The number of amides is 1. The van der Waals surface area contributed by atoms with E-state index in [2.05, 4.69) is 5.32 Å². The fraction of sp³-hybridized carbons (Fsp3) is 0.385. The van der Waals surface area contributed by atoms with Gasteiger partial charge in [0.2, 0.25) is 0 Å². The molecule has 19 heavy (non-hydrogen) atoms. The van der Waals surface area contributed by atoms with Crippen LogP contribution in [-0.2, 0) is 15.6 Å². The van der Waals surface area contributed by atoms with Crippen LogP contribution in [0.3, 0.4) is 0 Å². The summed E-state index contributed by atoms with van der Waals surface area (Å²) in [6.45, 7) is 0.343. The average Bonchev–Trinajstić information content (AvgIpc) is 2.41. The van der Waals surface area contributed by atoms with Crippen molar-refractivity contribution in [3.63, 3.8) is 0 Å². The Morgan fingerprint density at radius 1 is 1.47 bits per heavy atom. The smallest absolute Gasteiger partial charge is 0.257 e. The lowest BCUT2D eigenvalue weighted by atomic mass is 10.2. The van der Waals surface area contributed by atoms with Gasteiger partial charge in [-0.25, -0.2) is 0 Å². The Bertz CT molecular complexity index is 497. The monoisotopic (exact) mass is 280 g/mol. The van der Waals surface area contributed by atoms with E-state index >= 15 is 0 Å². The minimum absolute atomic E-state index is 0.131. The number of carbonyl (C=O) groups excluding carboxylic acids is 1. The van der Waals surface area contributed by atoms with Gasteiger partial charge in [0.25, 0.3) is 5.91 Å². The molecule has 0 saturated carbocycles. The number of nitrogens with one attached hydrogen (secondary N) is 1. The second-order valence-electron chi connectivity index (χ2n) is 3.88. The number of carbonyl (C=O) groups is 1. The first kappa shape index (κ1) is 15.2. The molecular formula is C13H16N2O3S. The van der Waals surface area contributed by atoms with Gasteiger partial charge in [0.05, 0.1) is 5.56 Å². The molecule has 0 heterocycles. The van der Waals surface area contributed by atoms with Crippen molar-refractivity contribution in [2.45, 2.75) is 6.42 Å². The van der Waals surface area contributed by atoms with Gasteiger partial charge in [-0.05, 0) is 18.6 Å². The number of benzene rings is 1. The molecule has 1 aromatic rings. The number of nitriles is 1. The highest BCUT2D eigenvalue weighted by Crippen LogP contribution is 2.15. The van der Waals surface area contributed by atoms with Crippen LogP contribution in [0.15, 0.2) is 24.3 Å². The first-order valence-electron chi connectivity index (χ1n) is 5.82. The van der Waals surface area contributed by atoms with Crippen molar-refractivity contribution in [2.24, 2.45) is 0 Å². The normalized spacial score (nSPS) is 11.4. The molecule has 1 N–H and O–H groups in total. The highest BCUT2D eigenvalue weighted by Gasteiger charge is 2.05. The average molecular weight is 280 g/mol. The Morgan fingerprint density at radius 3 is 2.89 bits per heavy atom. The third-order valence-corrected chi connectivity index (χ3v) is 3.16. The molecule has 0 aliphatic heterocycles. The third-order valence-electron chi connectivity index (χ3n) is 2.30. The van der Waals surface area contributed by atoms with Crippen LogP contribution in [0.2, 0.25) is 0 Å². The topological polar surface area (TPSA) is 79.2 Å². The zero-order chi connectivity index (χ0) is 14.1. The lowest BCUT2D eigenvalue weighted by Crippen LogP contribution is -2.30. The summed E-state index contributed by atoms with van der Waals surface area (Å²) < 4.78 is 16.1. The maximum absolute atomic E-state index is 11.5. The van der Waals surface area contributed by atoms with Crippen LogP contribution >= 0.6 is 0 Å². The van der Waals surface area contributed by atoms with E-state index in [1.54, 1.807) is 30.5 Å². The van der Waals surface area contributed by atoms with Crippen molar-refractivity contribution in [1.29, 1.82) is 5.26 Å². The molecule has 6 heteroatoms.